The maximum absolute atomic E-state index is 6.32. The van der Waals surface area contributed by atoms with E-state index in [4.69, 9.17) is 5.73 Å². The summed E-state index contributed by atoms with van der Waals surface area (Å²) in [6.07, 6.45) is 1.00. The number of benzene rings is 1. The molecule has 1 heterocycles. The number of thioether (sulfide) groups is 1. The summed E-state index contributed by atoms with van der Waals surface area (Å²) in [5, 5.41) is 0.372. The molecule has 0 bridgehead atoms. The van der Waals surface area contributed by atoms with Crippen LogP contribution < -0.4 is 5.73 Å². The molecule has 0 aliphatic carbocycles. The van der Waals surface area contributed by atoms with Crippen LogP contribution in [0.4, 0.5) is 0 Å². The fourth-order valence-corrected chi connectivity index (χ4v) is 5.16. The molecule has 0 fully saturated rings. The lowest BCUT2D eigenvalue weighted by molar-refractivity contribution is 0.640. The van der Waals surface area contributed by atoms with E-state index in [0.717, 1.165) is 12.2 Å². The Kier molecular flexibility index (Phi) is 6.15. The second-order valence-corrected chi connectivity index (χ2v) is 8.56. The molecule has 0 aliphatic rings. The van der Waals surface area contributed by atoms with Crippen molar-refractivity contribution < 1.29 is 0 Å². The van der Waals surface area contributed by atoms with Crippen LogP contribution in [0.25, 0.3) is 0 Å². The molecular weight excluding hydrogens is 350 g/mol. The first kappa shape index (κ1) is 16.1. The van der Waals surface area contributed by atoms with Crippen LogP contribution in [0.1, 0.15) is 34.6 Å². The number of halogens is 1. The van der Waals surface area contributed by atoms with E-state index in [-0.39, 0.29) is 6.04 Å². The lowest BCUT2D eigenvalue weighted by Gasteiger charge is -2.21. The Hall–Kier alpha value is -0.290. The van der Waals surface area contributed by atoms with Crippen molar-refractivity contribution in [2.75, 3.05) is 0 Å². The Morgan fingerprint density at radius 1 is 1.30 bits per heavy atom. The van der Waals surface area contributed by atoms with E-state index in [1.54, 1.807) is 11.3 Å². The molecule has 2 unspecified atom stereocenters. The lowest BCUT2D eigenvalue weighted by atomic mass is 10.1. The molecule has 0 spiro atoms. The molecule has 2 aromatic rings. The zero-order valence-electron chi connectivity index (χ0n) is 11.8. The number of aryl methyl sites for hydroxylation is 1. The van der Waals surface area contributed by atoms with Gasteiger partial charge in [0.15, 0.2) is 0 Å². The first-order chi connectivity index (χ1) is 9.60. The van der Waals surface area contributed by atoms with Crippen LogP contribution in [0.2, 0.25) is 0 Å². The molecule has 0 saturated heterocycles. The molecule has 4 heteroatoms. The predicted molar refractivity (Wildman–Crippen MR) is 95.5 cm³/mol. The molecule has 20 heavy (non-hydrogen) atoms. The Morgan fingerprint density at radius 3 is 2.70 bits per heavy atom. The summed E-state index contributed by atoms with van der Waals surface area (Å²) < 4.78 is 1.18. The van der Waals surface area contributed by atoms with Gasteiger partial charge in [-0.15, -0.1) is 23.1 Å². The van der Waals surface area contributed by atoms with Gasteiger partial charge in [-0.25, -0.2) is 0 Å². The van der Waals surface area contributed by atoms with Crippen LogP contribution in [0.5, 0.6) is 0 Å². The normalized spacial score (nSPS) is 14.2. The molecule has 108 valence electrons. The van der Waals surface area contributed by atoms with Crippen molar-refractivity contribution in [3.05, 3.63) is 56.2 Å². The Labute approximate surface area is 138 Å². The zero-order valence-corrected chi connectivity index (χ0v) is 15.0. The molecular formula is C16H20BrNS2. The second-order valence-electron chi connectivity index (χ2n) is 4.93. The fraction of sp³-hybridized carbons (Fsp3) is 0.375. The minimum Gasteiger partial charge on any atom is -0.326 e. The first-order valence-corrected chi connectivity index (χ1v) is 9.44. The quantitative estimate of drug-likeness (QED) is 0.723. The number of thiophene rings is 1. The molecule has 2 N–H and O–H groups in total. The van der Waals surface area contributed by atoms with Gasteiger partial charge in [0, 0.05) is 16.7 Å². The van der Waals surface area contributed by atoms with Gasteiger partial charge in [0.1, 0.15) is 0 Å². The molecule has 1 aromatic heterocycles. The van der Waals surface area contributed by atoms with Crippen LogP contribution in [0.15, 0.2) is 40.2 Å². The highest BCUT2D eigenvalue weighted by molar-refractivity contribution is 9.11. The molecule has 0 amide bonds. The molecule has 1 aromatic carbocycles. The van der Waals surface area contributed by atoms with Crippen molar-refractivity contribution in [1.82, 2.24) is 0 Å². The number of rotatable bonds is 6. The molecule has 2 atom stereocenters. The van der Waals surface area contributed by atoms with Gasteiger partial charge in [-0.1, -0.05) is 36.8 Å². The first-order valence-electron chi connectivity index (χ1n) is 6.78. The van der Waals surface area contributed by atoms with Gasteiger partial charge in [-0.2, -0.15) is 0 Å². The summed E-state index contributed by atoms with van der Waals surface area (Å²) >= 11 is 7.29. The van der Waals surface area contributed by atoms with Crippen LogP contribution in [0, 0.1) is 6.92 Å². The third-order valence-corrected chi connectivity index (χ3v) is 6.57. The van der Waals surface area contributed by atoms with Gasteiger partial charge in [-0.05, 0) is 47.0 Å². The summed E-state index contributed by atoms with van der Waals surface area (Å²) in [4.78, 5) is 1.36. The number of hydrogen-bond acceptors (Lipinski definition) is 3. The topological polar surface area (TPSA) is 26.0 Å². The van der Waals surface area contributed by atoms with E-state index >= 15 is 0 Å². The summed E-state index contributed by atoms with van der Waals surface area (Å²) in [5.74, 6) is 1.01. The summed E-state index contributed by atoms with van der Waals surface area (Å²) in [6.45, 7) is 4.30. The predicted octanol–water partition coefficient (Wildman–Crippen LogP) is 5.53. The van der Waals surface area contributed by atoms with Crippen molar-refractivity contribution in [3.63, 3.8) is 0 Å². The van der Waals surface area contributed by atoms with Gasteiger partial charge in [-0.3, -0.25) is 0 Å². The second kappa shape index (κ2) is 7.64. The molecule has 0 saturated carbocycles. The Bertz CT molecular complexity index is 553. The molecule has 0 aliphatic heterocycles. The highest BCUT2D eigenvalue weighted by Crippen LogP contribution is 2.39. The highest BCUT2D eigenvalue weighted by atomic mass is 79.9. The largest absolute Gasteiger partial charge is 0.326 e. The van der Waals surface area contributed by atoms with Crippen LogP contribution >= 0.6 is 39.0 Å². The van der Waals surface area contributed by atoms with Crippen molar-refractivity contribution in [2.24, 2.45) is 5.73 Å². The maximum Gasteiger partial charge on any atom is 0.0701 e. The van der Waals surface area contributed by atoms with Crippen LogP contribution in [0.3, 0.4) is 0 Å². The van der Waals surface area contributed by atoms with Gasteiger partial charge in [0.05, 0.1) is 9.04 Å². The monoisotopic (exact) mass is 369 g/mol. The van der Waals surface area contributed by atoms with E-state index in [1.807, 2.05) is 11.8 Å². The maximum atomic E-state index is 6.32. The van der Waals surface area contributed by atoms with Crippen molar-refractivity contribution in [1.29, 1.82) is 0 Å². The van der Waals surface area contributed by atoms with Gasteiger partial charge < -0.3 is 5.73 Å². The van der Waals surface area contributed by atoms with E-state index in [9.17, 15) is 0 Å². The highest BCUT2D eigenvalue weighted by Gasteiger charge is 2.20. The van der Waals surface area contributed by atoms with E-state index in [1.165, 1.54) is 19.8 Å². The average molecular weight is 370 g/mol. The number of nitrogens with two attached hydrogens (primary N) is 1. The van der Waals surface area contributed by atoms with E-state index in [2.05, 4.69) is 66.2 Å². The van der Waals surface area contributed by atoms with E-state index in [0.29, 0.717) is 5.25 Å². The standard InChI is InChI=1S/C16H20BrNS2/c1-3-13(18)16(14-7-8-15(17)20-14)19-10-12-6-4-5-11(2)9-12/h4-9,13,16H,3,10,18H2,1-2H3. The minimum absolute atomic E-state index is 0.204. The summed E-state index contributed by atoms with van der Waals surface area (Å²) in [6, 6.07) is 13.2. The summed E-state index contributed by atoms with van der Waals surface area (Å²) in [5.41, 5.74) is 9.01. The minimum atomic E-state index is 0.204. The fourth-order valence-electron chi connectivity index (χ4n) is 2.10. The number of hydrogen-bond donors (Lipinski definition) is 1. The Balaban J connectivity index is 2.08. The average Bonchev–Trinajstić information content (AvgIpc) is 2.85. The molecule has 2 rings (SSSR count). The SMILES string of the molecule is CCC(N)C(SCc1cccc(C)c1)c1ccc(Br)s1. The van der Waals surface area contributed by atoms with Gasteiger partial charge in [0.25, 0.3) is 0 Å². The zero-order chi connectivity index (χ0) is 14.5. The smallest absolute Gasteiger partial charge is 0.0701 e. The van der Waals surface area contributed by atoms with Crippen molar-refractivity contribution >= 4 is 39.0 Å². The van der Waals surface area contributed by atoms with Crippen LogP contribution in [-0.2, 0) is 5.75 Å². The van der Waals surface area contributed by atoms with Crippen LogP contribution in [-0.4, -0.2) is 6.04 Å². The third-order valence-electron chi connectivity index (χ3n) is 3.25. The lowest BCUT2D eigenvalue weighted by Crippen LogP contribution is -2.25. The van der Waals surface area contributed by atoms with Gasteiger partial charge >= 0.3 is 0 Å². The van der Waals surface area contributed by atoms with E-state index < -0.39 is 0 Å². The van der Waals surface area contributed by atoms with Gasteiger partial charge in [0.2, 0.25) is 0 Å². The third kappa shape index (κ3) is 4.35. The van der Waals surface area contributed by atoms with Crippen molar-refractivity contribution in [3.8, 4) is 0 Å². The van der Waals surface area contributed by atoms with Crippen molar-refractivity contribution in [2.45, 2.75) is 37.3 Å². The summed E-state index contributed by atoms with van der Waals surface area (Å²) in [7, 11) is 0. The Morgan fingerprint density at radius 2 is 2.10 bits per heavy atom. The molecule has 1 nitrogen and oxygen atoms in total. The molecule has 0 radical (unpaired) electrons.